The molecule has 26 heavy (non-hydrogen) atoms. The first kappa shape index (κ1) is 18.2. The molecule has 5 nitrogen and oxygen atoms in total. The molecule has 0 saturated carbocycles. The van der Waals surface area contributed by atoms with Crippen molar-refractivity contribution in [2.75, 3.05) is 11.9 Å². The highest BCUT2D eigenvalue weighted by molar-refractivity contribution is 8.18. The normalized spacial score (nSPS) is 15.6. The van der Waals surface area contributed by atoms with Gasteiger partial charge in [0.15, 0.2) is 0 Å². The molecule has 8 heteroatoms. The molecular formula is C18H12ClFN2O3S. The van der Waals surface area contributed by atoms with E-state index in [-0.39, 0.29) is 4.91 Å². The van der Waals surface area contributed by atoms with E-state index in [1.807, 2.05) is 0 Å². The van der Waals surface area contributed by atoms with Crippen molar-refractivity contribution in [1.29, 1.82) is 0 Å². The van der Waals surface area contributed by atoms with Crippen LogP contribution < -0.4 is 5.32 Å². The largest absolute Gasteiger partial charge is 0.325 e. The molecule has 132 valence electrons. The molecule has 1 fully saturated rings. The minimum absolute atomic E-state index is 0.192. The molecule has 2 aromatic rings. The Kier molecular flexibility index (Phi) is 5.39. The van der Waals surface area contributed by atoms with E-state index in [0.717, 1.165) is 16.7 Å². The first-order valence-corrected chi connectivity index (χ1v) is 8.69. The van der Waals surface area contributed by atoms with Gasteiger partial charge in [-0.05, 0) is 53.7 Å². The SMILES string of the molecule is O=C(CN1C(=O)S/C(=C/c2ccccc2Cl)C1=O)Nc1ccc(F)cc1. The van der Waals surface area contributed by atoms with Gasteiger partial charge >= 0.3 is 0 Å². The Hall–Kier alpha value is -2.64. The van der Waals surface area contributed by atoms with E-state index < -0.39 is 29.4 Å². The maximum absolute atomic E-state index is 12.9. The van der Waals surface area contributed by atoms with Gasteiger partial charge in [-0.15, -0.1) is 0 Å². The zero-order valence-electron chi connectivity index (χ0n) is 13.2. The van der Waals surface area contributed by atoms with Gasteiger partial charge in [-0.25, -0.2) is 4.39 Å². The smallest absolute Gasteiger partial charge is 0.294 e. The average Bonchev–Trinajstić information content (AvgIpc) is 2.86. The van der Waals surface area contributed by atoms with Crippen molar-refractivity contribution >= 4 is 52.2 Å². The summed E-state index contributed by atoms with van der Waals surface area (Å²) in [6.45, 7) is -0.429. The fraction of sp³-hybridized carbons (Fsp3) is 0.0556. The molecule has 0 unspecified atom stereocenters. The van der Waals surface area contributed by atoms with Crippen LogP contribution in [0.1, 0.15) is 5.56 Å². The number of nitrogens with zero attached hydrogens (tertiary/aromatic N) is 1. The number of halogens is 2. The number of thioether (sulfide) groups is 1. The fourth-order valence-electron chi connectivity index (χ4n) is 2.25. The lowest BCUT2D eigenvalue weighted by molar-refractivity contribution is -0.127. The minimum Gasteiger partial charge on any atom is -0.325 e. The second kappa shape index (κ2) is 7.72. The van der Waals surface area contributed by atoms with Gasteiger partial charge in [0.2, 0.25) is 5.91 Å². The van der Waals surface area contributed by atoms with Gasteiger partial charge in [0, 0.05) is 10.7 Å². The maximum Gasteiger partial charge on any atom is 0.294 e. The topological polar surface area (TPSA) is 66.5 Å². The van der Waals surface area contributed by atoms with Gasteiger partial charge < -0.3 is 5.32 Å². The Morgan fingerprint density at radius 3 is 2.54 bits per heavy atom. The van der Waals surface area contributed by atoms with Crippen LogP contribution in [0.15, 0.2) is 53.4 Å². The summed E-state index contributed by atoms with van der Waals surface area (Å²) in [7, 11) is 0. The number of rotatable bonds is 4. The van der Waals surface area contributed by atoms with E-state index >= 15 is 0 Å². The molecule has 0 atom stereocenters. The highest BCUT2D eigenvalue weighted by Crippen LogP contribution is 2.33. The lowest BCUT2D eigenvalue weighted by Crippen LogP contribution is -2.36. The van der Waals surface area contributed by atoms with Crippen molar-refractivity contribution in [3.05, 3.63) is 69.8 Å². The number of anilines is 1. The monoisotopic (exact) mass is 390 g/mol. The number of hydrogen-bond donors (Lipinski definition) is 1. The van der Waals surface area contributed by atoms with Crippen LogP contribution in [0.2, 0.25) is 5.02 Å². The summed E-state index contributed by atoms with van der Waals surface area (Å²) in [5.74, 6) is -1.55. The van der Waals surface area contributed by atoms with Crippen LogP contribution in [-0.2, 0) is 9.59 Å². The van der Waals surface area contributed by atoms with Crippen molar-refractivity contribution in [3.8, 4) is 0 Å². The van der Waals surface area contributed by atoms with Crippen molar-refractivity contribution in [3.63, 3.8) is 0 Å². The summed E-state index contributed by atoms with van der Waals surface area (Å²) in [6.07, 6.45) is 1.52. The van der Waals surface area contributed by atoms with Gasteiger partial charge in [-0.2, -0.15) is 0 Å². The highest BCUT2D eigenvalue weighted by Gasteiger charge is 2.36. The maximum atomic E-state index is 12.9. The van der Waals surface area contributed by atoms with Crippen LogP contribution in [0.25, 0.3) is 6.08 Å². The molecule has 0 radical (unpaired) electrons. The third kappa shape index (κ3) is 4.12. The summed E-state index contributed by atoms with van der Waals surface area (Å²) in [5.41, 5.74) is 0.977. The predicted octanol–water partition coefficient (Wildman–Crippen LogP) is 4.15. The van der Waals surface area contributed by atoms with E-state index in [0.29, 0.717) is 16.3 Å². The number of carbonyl (C=O) groups is 3. The molecular weight excluding hydrogens is 379 g/mol. The number of benzene rings is 2. The Morgan fingerprint density at radius 2 is 1.85 bits per heavy atom. The molecule has 1 aliphatic rings. The van der Waals surface area contributed by atoms with Crippen LogP contribution in [0, 0.1) is 5.82 Å². The van der Waals surface area contributed by atoms with Crippen molar-refractivity contribution in [2.24, 2.45) is 0 Å². The van der Waals surface area contributed by atoms with Gasteiger partial charge in [-0.1, -0.05) is 29.8 Å². The zero-order valence-corrected chi connectivity index (χ0v) is 14.8. The molecule has 3 amide bonds. The van der Waals surface area contributed by atoms with Gasteiger partial charge in [0.25, 0.3) is 11.1 Å². The quantitative estimate of drug-likeness (QED) is 0.796. The second-order valence-electron chi connectivity index (χ2n) is 5.34. The number of amides is 3. The molecule has 0 bridgehead atoms. The lowest BCUT2D eigenvalue weighted by atomic mass is 10.2. The lowest BCUT2D eigenvalue weighted by Gasteiger charge is -2.12. The van der Waals surface area contributed by atoms with Gasteiger partial charge in [-0.3, -0.25) is 19.3 Å². The Balaban J connectivity index is 1.70. The molecule has 1 aliphatic heterocycles. The highest BCUT2D eigenvalue weighted by atomic mass is 35.5. The fourth-order valence-corrected chi connectivity index (χ4v) is 3.27. The van der Waals surface area contributed by atoms with Crippen LogP contribution in [0.4, 0.5) is 14.9 Å². The number of nitrogens with one attached hydrogen (secondary N) is 1. The zero-order chi connectivity index (χ0) is 18.7. The third-order valence-corrected chi connectivity index (χ3v) is 4.75. The first-order valence-electron chi connectivity index (χ1n) is 7.49. The van der Waals surface area contributed by atoms with E-state index in [2.05, 4.69) is 5.32 Å². The first-order chi connectivity index (χ1) is 12.4. The molecule has 2 aromatic carbocycles. The Morgan fingerprint density at radius 1 is 1.15 bits per heavy atom. The average molecular weight is 391 g/mol. The van der Waals surface area contributed by atoms with Crippen molar-refractivity contribution < 1.29 is 18.8 Å². The van der Waals surface area contributed by atoms with Crippen molar-refractivity contribution in [1.82, 2.24) is 4.90 Å². The van der Waals surface area contributed by atoms with Crippen LogP contribution in [-0.4, -0.2) is 28.5 Å². The van der Waals surface area contributed by atoms with Crippen LogP contribution >= 0.6 is 23.4 Å². The van der Waals surface area contributed by atoms with E-state index in [9.17, 15) is 18.8 Å². The molecule has 1 N–H and O–H groups in total. The summed E-state index contributed by atoms with van der Waals surface area (Å²) in [5, 5.41) is 2.42. The molecule has 1 saturated heterocycles. The third-order valence-electron chi connectivity index (χ3n) is 3.50. The van der Waals surface area contributed by atoms with Crippen LogP contribution in [0.5, 0.6) is 0 Å². The summed E-state index contributed by atoms with van der Waals surface area (Å²) < 4.78 is 12.9. The van der Waals surface area contributed by atoms with E-state index in [1.165, 1.54) is 30.3 Å². The number of imide groups is 1. The molecule has 0 aromatic heterocycles. The molecule has 0 aliphatic carbocycles. The van der Waals surface area contributed by atoms with Gasteiger partial charge in [0.05, 0.1) is 4.91 Å². The summed E-state index contributed by atoms with van der Waals surface area (Å²) in [4.78, 5) is 37.6. The van der Waals surface area contributed by atoms with Crippen LogP contribution in [0.3, 0.4) is 0 Å². The molecule has 1 heterocycles. The summed E-state index contributed by atoms with van der Waals surface area (Å²) >= 11 is 6.80. The minimum atomic E-state index is -0.561. The predicted molar refractivity (Wildman–Crippen MR) is 99.2 cm³/mol. The van der Waals surface area contributed by atoms with Crippen molar-refractivity contribution in [2.45, 2.75) is 0 Å². The Bertz CT molecular complexity index is 915. The second-order valence-corrected chi connectivity index (χ2v) is 6.74. The number of carbonyl (C=O) groups excluding carboxylic acids is 3. The molecule has 0 spiro atoms. The van der Waals surface area contributed by atoms with E-state index in [4.69, 9.17) is 11.6 Å². The Labute approximate surface area is 157 Å². The summed E-state index contributed by atoms with van der Waals surface area (Å²) in [6, 6.07) is 12.1. The van der Waals surface area contributed by atoms with E-state index in [1.54, 1.807) is 24.3 Å². The molecule has 3 rings (SSSR count). The standard InChI is InChI=1S/C18H12ClFN2O3S/c19-14-4-2-1-3-11(14)9-15-17(24)22(18(25)26-15)10-16(23)21-13-7-5-12(20)6-8-13/h1-9H,10H2,(H,21,23)/b15-9+. The number of hydrogen-bond acceptors (Lipinski definition) is 4. The van der Waals surface area contributed by atoms with Gasteiger partial charge in [0.1, 0.15) is 12.4 Å².